The van der Waals surface area contributed by atoms with Crippen molar-refractivity contribution in [1.82, 2.24) is 20.0 Å². The third-order valence-electron chi connectivity index (χ3n) is 7.05. The van der Waals surface area contributed by atoms with Crippen molar-refractivity contribution in [2.45, 2.75) is 37.8 Å². The Morgan fingerprint density at radius 2 is 1.79 bits per heavy atom. The highest BCUT2D eigenvalue weighted by atomic mass is 16.2. The maximum atomic E-state index is 13.0. The molecule has 0 bridgehead atoms. The van der Waals surface area contributed by atoms with Crippen LogP contribution in [0, 0.1) is 5.92 Å². The lowest BCUT2D eigenvalue weighted by Gasteiger charge is -2.35. The summed E-state index contributed by atoms with van der Waals surface area (Å²) in [4.78, 5) is 50.4. The minimum Gasteiger partial charge on any atom is -0.385 e. The molecule has 1 atom stereocenters. The first-order valence-electron chi connectivity index (χ1n) is 11.5. The van der Waals surface area contributed by atoms with Crippen molar-refractivity contribution < 1.29 is 19.2 Å². The Kier molecular flexibility index (Phi) is 4.72. The van der Waals surface area contributed by atoms with Crippen LogP contribution in [0.3, 0.4) is 0 Å². The molecule has 3 aromatic rings. The number of hydrogen-bond donors (Lipinski definition) is 2. The number of nitrogens with one attached hydrogen (secondary N) is 2. The zero-order valence-electron chi connectivity index (χ0n) is 18.4. The van der Waals surface area contributed by atoms with Gasteiger partial charge in [-0.25, -0.2) is 0 Å². The Balaban J connectivity index is 1.09. The average molecular weight is 457 g/mol. The second kappa shape index (κ2) is 7.79. The van der Waals surface area contributed by atoms with E-state index in [0.29, 0.717) is 12.0 Å². The molecule has 9 heteroatoms. The van der Waals surface area contributed by atoms with Crippen LogP contribution in [-0.4, -0.2) is 50.9 Å². The molecule has 1 saturated carbocycles. The molecule has 0 radical (unpaired) electrons. The molecular weight excluding hydrogens is 434 g/mol. The van der Waals surface area contributed by atoms with Gasteiger partial charge in [0.25, 0.3) is 11.8 Å². The van der Waals surface area contributed by atoms with Gasteiger partial charge in [0, 0.05) is 30.2 Å². The van der Waals surface area contributed by atoms with Gasteiger partial charge in [0.2, 0.25) is 11.8 Å². The molecule has 4 amide bonds. The van der Waals surface area contributed by atoms with Crippen molar-refractivity contribution >= 4 is 40.2 Å². The molecule has 3 aliphatic rings. The van der Waals surface area contributed by atoms with E-state index in [4.69, 9.17) is 0 Å². The quantitative estimate of drug-likeness (QED) is 0.569. The summed E-state index contributed by atoms with van der Waals surface area (Å²) in [5, 5.41) is 11.4. The molecule has 1 aromatic heterocycles. The summed E-state index contributed by atoms with van der Waals surface area (Å²) in [6, 6.07) is 12.6. The van der Waals surface area contributed by atoms with Gasteiger partial charge in [-0.2, -0.15) is 5.10 Å². The summed E-state index contributed by atoms with van der Waals surface area (Å²) in [5.74, 6) is -1.48. The topological polar surface area (TPSA) is 113 Å². The smallest absolute Gasteiger partial charge is 0.262 e. The van der Waals surface area contributed by atoms with Crippen LogP contribution >= 0.6 is 0 Å². The Morgan fingerprint density at radius 3 is 2.59 bits per heavy atom. The first-order chi connectivity index (χ1) is 16.5. The summed E-state index contributed by atoms with van der Waals surface area (Å²) in [7, 11) is 0. The van der Waals surface area contributed by atoms with Crippen LogP contribution < -0.4 is 10.6 Å². The number of carbonyl (C=O) groups excluding carboxylic acids is 4. The summed E-state index contributed by atoms with van der Waals surface area (Å²) in [6.07, 6.45) is 4.39. The third kappa shape index (κ3) is 3.35. The third-order valence-corrected chi connectivity index (χ3v) is 7.05. The molecule has 1 aliphatic carbocycles. The van der Waals surface area contributed by atoms with Gasteiger partial charge >= 0.3 is 0 Å². The Bertz CT molecular complexity index is 1320. The molecule has 34 heavy (non-hydrogen) atoms. The molecule has 9 nitrogen and oxygen atoms in total. The van der Waals surface area contributed by atoms with Crippen LogP contribution in [0.25, 0.3) is 10.9 Å². The summed E-state index contributed by atoms with van der Waals surface area (Å²) < 4.78 is 2.06. The second-order valence-corrected chi connectivity index (χ2v) is 9.25. The molecule has 2 fully saturated rings. The van der Waals surface area contributed by atoms with E-state index in [0.717, 1.165) is 40.9 Å². The van der Waals surface area contributed by atoms with Crippen LogP contribution in [0.1, 0.15) is 52.4 Å². The first-order valence-corrected chi connectivity index (χ1v) is 11.5. The number of imide groups is 2. The number of anilines is 1. The number of rotatable bonds is 5. The molecule has 1 saturated heterocycles. The maximum absolute atomic E-state index is 13.0. The zero-order chi connectivity index (χ0) is 23.4. The van der Waals surface area contributed by atoms with Gasteiger partial charge in [-0.15, -0.1) is 0 Å². The van der Waals surface area contributed by atoms with Gasteiger partial charge < -0.3 is 5.32 Å². The predicted molar refractivity (Wildman–Crippen MR) is 123 cm³/mol. The highest BCUT2D eigenvalue weighted by molar-refractivity contribution is 6.23. The first kappa shape index (κ1) is 20.6. The lowest BCUT2D eigenvalue weighted by atomic mass is 9.80. The van der Waals surface area contributed by atoms with Gasteiger partial charge in [-0.1, -0.05) is 18.2 Å². The second-order valence-electron chi connectivity index (χ2n) is 9.25. The lowest BCUT2D eigenvalue weighted by molar-refractivity contribution is -0.136. The summed E-state index contributed by atoms with van der Waals surface area (Å²) in [6.45, 7) is 0.759. The van der Waals surface area contributed by atoms with E-state index in [1.54, 1.807) is 18.2 Å². The minimum absolute atomic E-state index is 0.105. The predicted octanol–water partition coefficient (Wildman–Crippen LogP) is 2.50. The number of carbonyl (C=O) groups is 4. The number of aromatic nitrogens is 2. The minimum atomic E-state index is -0.952. The number of nitrogens with zero attached hydrogens (tertiary/aromatic N) is 3. The Labute approximate surface area is 195 Å². The van der Waals surface area contributed by atoms with Crippen molar-refractivity contribution in [2.75, 3.05) is 11.9 Å². The fourth-order valence-electron chi connectivity index (χ4n) is 5.10. The number of fused-ring (bicyclic) bond motifs is 2. The highest BCUT2D eigenvalue weighted by Crippen LogP contribution is 2.38. The van der Waals surface area contributed by atoms with Crippen molar-refractivity contribution in [2.24, 2.45) is 5.92 Å². The van der Waals surface area contributed by atoms with Crippen LogP contribution in [0.5, 0.6) is 0 Å². The normalized spacial score (nSPS) is 24.2. The standard InChI is InChI=1S/C25H23N5O4/c31-22-8-7-21(23(32)27-22)30-24(33)18-6-5-16(11-19(18)25(30)34)26-12-14-9-17(10-14)29-13-15-3-1-2-4-20(15)28-29/h1-6,11,13-14,17,21,26H,7-10,12H2,(H,27,31,32). The van der Waals surface area contributed by atoms with E-state index in [1.165, 1.54) is 0 Å². The SMILES string of the molecule is O=C1CCC(N2C(=O)c3ccc(NCC4CC(n5cc6ccccc6n5)C4)cc3C2=O)C(=O)N1. The van der Waals surface area contributed by atoms with Crippen molar-refractivity contribution in [3.05, 3.63) is 59.8 Å². The molecule has 2 N–H and O–H groups in total. The maximum Gasteiger partial charge on any atom is 0.262 e. The van der Waals surface area contributed by atoms with Gasteiger partial charge in [-0.3, -0.25) is 34.1 Å². The van der Waals surface area contributed by atoms with Gasteiger partial charge in [0.05, 0.1) is 22.7 Å². The number of amides is 4. The van der Waals surface area contributed by atoms with Crippen molar-refractivity contribution in [1.29, 1.82) is 0 Å². The zero-order valence-corrected chi connectivity index (χ0v) is 18.4. The number of piperidine rings is 1. The van der Waals surface area contributed by atoms with Crippen LogP contribution in [0.2, 0.25) is 0 Å². The lowest BCUT2D eigenvalue weighted by Crippen LogP contribution is -2.54. The molecule has 172 valence electrons. The molecule has 0 spiro atoms. The molecule has 3 heterocycles. The van der Waals surface area contributed by atoms with Crippen molar-refractivity contribution in [3.8, 4) is 0 Å². The Hall–Kier alpha value is -4.01. The molecule has 2 aliphatic heterocycles. The van der Waals surface area contributed by atoms with Gasteiger partial charge in [0.15, 0.2) is 0 Å². The highest BCUT2D eigenvalue weighted by Gasteiger charge is 2.44. The van der Waals surface area contributed by atoms with Crippen LogP contribution in [0.4, 0.5) is 5.69 Å². The van der Waals surface area contributed by atoms with E-state index in [1.807, 2.05) is 18.2 Å². The fourth-order valence-corrected chi connectivity index (χ4v) is 5.10. The molecule has 6 rings (SSSR count). The van der Waals surface area contributed by atoms with Gasteiger partial charge in [0.1, 0.15) is 6.04 Å². The van der Waals surface area contributed by atoms with E-state index < -0.39 is 23.8 Å². The van der Waals surface area contributed by atoms with Crippen LogP contribution in [0.15, 0.2) is 48.7 Å². The molecule has 2 aromatic carbocycles. The van der Waals surface area contributed by atoms with Gasteiger partial charge in [-0.05, 0) is 49.4 Å². The summed E-state index contributed by atoms with van der Waals surface area (Å²) in [5.41, 5.74) is 2.34. The fraction of sp³-hybridized carbons (Fsp3) is 0.320. The van der Waals surface area contributed by atoms with E-state index in [2.05, 4.69) is 32.7 Å². The van der Waals surface area contributed by atoms with Crippen molar-refractivity contribution in [3.63, 3.8) is 0 Å². The number of hydrogen-bond acceptors (Lipinski definition) is 6. The summed E-state index contributed by atoms with van der Waals surface area (Å²) >= 11 is 0. The molecule has 1 unspecified atom stereocenters. The molecular formula is C25H23N5O4. The monoisotopic (exact) mass is 457 g/mol. The van der Waals surface area contributed by atoms with Crippen LogP contribution in [-0.2, 0) is 9.59 Å². The van der Waals surface area contributed by atoms with E-state index in [9.17, 15) is 19.2 Å². The van der Waals surface area contributed by atoms with E-state index >= 15 is 0 Å². The average Bonchev–Trinajstić information content (AvgIpc) is 3.32. The Morgan fingerprint density at radius 1 is 1.00 bits per heavy atom. The largest absolute Gasteiger partial charge is 0.385 e. The number of benzene rings is 2. The van der Waals surface area contributed by atoms with E-state index in [-0.39, 0.29) is 29.9 Å².